The molecule has 12 aliphatic rings. The lowest BCUT2D eigenvalue weighted by Gasteiger charge is -2.43. The van der Waals surface area contributed by atoms with Crippen molar-refractivity contribution < 1.29 is 23.7 Å². The van der Waals surface area contributed by atoms with Crippen LogP contribution in [-0.2, 0) is 10.3 Å². The molecule has 103 heavy (non-hydrogen) atoms. The molecule has 3 unspecified atom stereocenters. The molecule has 10 fully saturated rings. The second-order valence-electron chi connectivity index (χ2n) is 32.9. The highest BCUT2D eigenvalue weighted by Gasteiger charge is 2.46. The molecule has 18 rings (SSSR count). The predicted molar refractivity (Wildman–Crippen MR) is 422 cm³/mol. The molecule has 6 aromatic rings. The summed E-state index contributed by atoms with van der Waals surface area (Å²) < 4.78 is 28.2. The Morgan fingerprint density at radius 1 is 0.427 bits per heavy atom. The van der Waals surface area contributed by atoms with E-state index in [1.165, 1.54) is 200 Å². The van der Waals surface area contributed by atoms with E-state index in [1.807, 2.05) is 54.6 Å². The van der Waals surface area contributed by atoms with Crippen LogP contribution >= 0.6 is 34.8 Å². The van der Waals surface area contributed by atoms with Crippen LogP contribution in [0.5, 0.6) is 23.0 Å². The van der Waals surface area contributed by atoms with Crippen molar-refractivity contribution in [2.45, 2.75) is 170 Å². The number of halogens is 3. The molecular formula is C90H114Cl3N5O5. The summed E-state index contributed by atoms with van der Waals surface area (Å²) in [6.45, 7) is 10.7. The third kappa shape index (κ3) is 16.6. The van der Waals surface area contributed by atoms with Crippen molar-refractivity contribution in [3.8, 4) is 45.3 Å². The Morgan fingerprint density at radius 3 is 1.50 bits per heavy atom. The molecule has 0 aromatic heterocycles. The molecule has 1 N–H and O–H groups in total. The summed E-state index contributed by atoms with van der Waals surface area (Å²) >= 11 is 18.5. The van der Waals surface area contributed by atoms with E-state index in [4.69, 9.17) is 58.5 Å². The van der Waals surface area contributed by atoms with Crippen LogP contribution in [-0.4, -0.2) is 132 Å². The highest BCUT2D eigenvalue weighted by Crippen LogP contribution is 2.52. The van der Waals surface area contributed by atoms with Gasteiger partial charge in [-0.1, -0.05) is 133 Å². The van der Waals surface area contributed by atoms with Crippen molar-refractivity contribution in [1.82, 2.24) is 25.1 Å². The van der Waals surface area contributed by atoms with Gasteiger partial charge in [-0.05, 0) is 320 Å². The number of fused-ring (bicyclic) bond motifs is 8. The van der Waals surface area contributed by atoms with Crippen LogP contribution in [0.1, 0.15) is 168 Å². The summed E-state index contributed by atoms with van der Waals surface area (Å²) in [6, 6.07) is 46.6. The minimum Gasteiger partial charge on any atom is -0.497 e. The monoisotopic (exact) mass is 1450 g/mol. The number of nitrogens with zero attached hydrogens (tertiary/aromatic N) is 4. The summed E-state index contributed by atoms with van der Waals surface area (Å²) in [7, 11) is 8.70. The number of nitrogens with one attached hydrogen (secondary N) is 1. The zero-order valence-corrected chi connectivity index (χ0v) is 64.3. The number of hydrogen-bond donors (Lipinski definition) is 1. The normalized spacial score (nSPS) is 29.5. The molecule has 12 atom stereocenters. The fourth-order valence-electron chi connectivity index (χ4n) is 21.9. The minimum atomic E-state index is -0.330. The number of ether oxygens (including phenoxy) is 5. The molecule has 0 spiro atoms. The van der Waals surface area contributed by atoms with Crippen LogP contribution in [0.15, 0.2) is 152 Å². The maximum Gasteiger partial charge on any atom is 0.130 e. The van der Waals surface area contributed by atoms with Crippen molar-refractivity contribution in [2.75, 3.05) is 94.5 Å². The Kier molecular flexibility index (Phi) is 23.7. The minimum absolute atomic E-state index is 0.330. The van der Waals surface area contributed by atoms with Crippen molar-refractivity contribution in [3.63, 3.8) is 0 Å². The van der Waals surface area contributed by atoms with Gasteiger partial charge in [0, 0.05) is 77.1 Å². The van der Waals surface area contributed by atoms with Gasteiger partial charge in [0.1, 0.15) is 23.0 Å². The lowest BCUT2D eigenvalue weighted by atomic mass is 9.83. The SMILES string of the molecule is COc1ccc(-c2ccccc2C2CCN([C@H]3C[C@H]4CC[C@H]3C4)CC2)c(OC)c1.COc1ccc(Cl)cc1C1(OC)CCN(N[C@H]2C[C@H]3C=C[C@H]2C3)CC1.COc1ccc(Cl)cc1C1CCN(CC2CC3C=CC2C3)CC1.Clc1ccc(-c2ccccc2C2CCN([C@H]3C[C@H]4CC[C@H]3C4)CC2)cc1. The molecule has 550 valence electrons. The molecule has 0 amide bonds. The first kappa shape index (κ1) is 73.2. The summed E-state index contributed by atoms with van der Waals surface area (Å²) in [5, 5.41) is 4.73. The Hall–Kier alpha value is -5.37. The van der Waals surface area contributed by atoms with Gasteiger partial charge >= 0.3 is 0 Å². The molecule has 0 radical (unpaired) electrons. The second-order valence-corrected chi connectivity index (χ2v) is 34.2. The van der Waals surface area contributed by atoms with E-state index in [-0.39, 0.29) is 5.60 Å². The average molecular weight is 1450 g/mol. The zero-order chi connectivity index (χ0) is 70.6. The Morgan fingerprint density at radius 2 is 0.971 bits per heavy atom. The first-order chi connectivity index (χ1) is 50.4. The fraction of sp³-hybridized carbons (Fsp3) is 0.556. The maximum absolute atomic E-state index is 6.25. The van der Waals surface area contributed by atoms with Crippen molar-refractivity contribution >= 4 is 34.8 Å². The summed E-state index contributed by atoms with van der Waals surface area (Å²) in [4.78, 5) is 8.36. The summed E-state index contributed by atoms with van der Waals surface area (Å²) in [5.41, 5.74) is 14.0. The quantitative estimate of drug-likeness (QED) is 0.0893. The van der Waals surface area contributed by atoms with E-state index in [1.54, 1.807) is 35.5 Å². The standard InChI is InChI=1S/C26H33NO2.C24H28ClN.C20H27ClN2O2.C20H26ClNO/c1-28-21-9-10-24(26(17-21)29-2)23-6-4-3-5-22(23)19-11-13-27(14-12-19)25-16-18-7-8-20(25)15-18;25-21-9-7-18(8-10-21)22-3-1-2-4-23(22)19-11-13-26(14-12-19)24-16-17-5-6-20(24)15-17;1-24-19-6-5-16(21)13-17(19)20(25-2)7-9-23(10-8-20)22-18-12-14-3-4-15(18)11-14;1-23-20-5-4-18(21)12-19(20)15-6-8-22(9-7-15)13-17-11-14-2-3-16(17)10-14/h3-6,9-10,17-20,25H,7-8,11-16H2,1-2H3;1-4,7-10,17,19-20,24H,5-6,11-16H2;3-6,13-15,18,22H,7-12H2,1-2H3;2-5,12,14-17H,6-11,13H2,1H3/t18-,20-,25-;17-,20-,24-;14-,15-,18-;/m000./s1. The van der Waals surface area contributed by atoms with Gasteiger partial charge in [-0.2, -0.15) is 0 Å². The number of benzene rings is 6. The average Bonchev–Trinajstić information content (AvgIpc) is 1.56. The van der Waals surface area contributed by atoms with Gasteiger partial charge in [-0.15, -0.1) is 0 Å². The molecule has 4 heterocycles. The Bertz CT molecular complexity index is 3850. The molecule has 8 aliphatic carbocycles. The highest BCUT2D eigenvalue weighted by atomic mass is 35.5. The lowest BCUT2D eigenvalue weighted by Crippen LogP contribution is -2.53. The van der Waals surface area contributed by atoms with Gasteiger partial charge < -0.3 is 38.4 Å². The van der Waals surface area contributed by atoms with Crippen molar-refractivity contribution in [3.05, 3.63) is 189 Å². The molecule has 10 nitrogen and oxygen atoms in total. The van der Waals surface area contributed by atoms with Crippen molar-refractivity contribution in [2.24, 2.45) is 53.3 Å². The van der Waals surface area contributed by atoms with Crippen LogP contribution in [0.25, 0.3) is 22.3 Å². The predicted octanol–water partition coefficient (Wildman–Crippen LogP) is 20.6. The van der Waals surface area contributed by atoms with Gasteiger partial charge in [0.25, 0.3) is 0 Å². The topological polar surface area (TPSA) is 71.1 Å². The van der Waals surface area contributed by atoms with Crippen LogP contribution in [0, 0.1) is 53.3 Å². The van der Waals surface area contributed by atoms with E-state index < -0.39 is 0 Å². The van der Waals surface area contributed by atoms with E-state index in [2.05, 4.69) is 122 Å². The van der Waals surface area contributed by atoms with Gasteiger partial charge in [-0.25, -0.2) is 5.01 Å². The van der Waals surface area contributed by atoms with E-state index >= 15 is 0 Å². The summed E-state index contributed by atoms with van der Waals surface area (Å²) in [6.07, 6.45) is 36.5. The lowest BCUT2D eigenvalue weighted by molar-refractivity contribution is -0.0756. The number of allylic oxidation sites excluding steroid dienone is 3. The Labute approximate surface area is 631 Å². The Balaban J connectivity index is 0.000000111. The number of hydrazine groups is 1. The fourth-order valence-corrected chi connectivity index (χ4v) is 22.4. The molecule has 4 aliphatic heterocycles. The van der Waals surface area contributed by atoms with Crippen LogP contribution in [0.4, 0.5) is 0 Å². The first-order valence-electron chi connectivity index (χ1n) is 39.9. The maximum atomic E-state index is 6.25. The molecule has 6 saturated carbocycles. The smallest absolute Gasteiger partial charge is 0.130 e. The summed E-state index contributed by atoms with van der Waals surface area (Å²) in [5.74, 6) is 13.7. The third-order valence-corrected chi connectivity index (χ3v) is 28.1. The number of likely N-dealkylation sites (tertiary alicyclic amines) is 3. The number of piperidine rings is 4. The van der Waals surface area contributed by atoms with E-state index in [0.717, 1.165) is 129 Å². The molecule has 8 bridgehead atoms. The molecule has 4 saturated heterocycles. The third-order valence-electron chi connectivity index (χ3n) is 27.4. The van der Waals surface area contributed by atoms with E-state index in [9.17, 15) is 0 Å². The van der Waals surface area contributed by atoms with Gasteiger partial charge in [0.2, 0.25) is 0 Å². The number of hydrogen-bond acceptors (Lipinski definition) is 10. The molecule has 13 heteroatoms. The van der Waals surface area contributed by atoms with Gasteiger partial charge in [0.15, 0.2) is 0 Å². The molecular weight excluding hydrogens is 1340 g/mol. The highest BCUT2D eigenvalue weighted by molar-refractivity contribution is 6.31. The molecule has 6 aromatic carbocycles. The van der Waals surface area contributed by atoms with Crippen LogP contribution in [0.3, 0.4) is 0 Å². The number of rotatable bonds is 17. The van der Waals surface area contributed by atoms with E-state index in [0.29, 0.717) is 29.7 Å². The zero-order valence-electron chi connectivity index (χ0n) is 62.1. The van der Waals surface area contributed by atoms with Gasteiger partial charge in [-0.3, -0.25) is 5.43 Å². The van der Waals surface area contributed by atoms with Crippen LogP contribution < -0.4 is 24.4 Å². The van der Waals surface area contributed by atoms with Crippen LogP contribution in [0.2, 0.25) is 15.1 Å². The van der Waals surface area contributed by atoms with Crippen molar-refractivity contribution in [1.29, 1.82) is 0 Å². The number of methoxy groups -OCH3 is 5. The van der Waals surface area contributed by atoms with Gasteiger partial charge in [0.05, 0.1) is 34.0 Å². The first-order valence-corrected chi connectivity index (χ1v) is 41.0. The largest absolute Gasteiger partial charge is 0.497 e. The second kappa shape index (κ2) is 33.4.